The fourth-order valence-electron chi connectivity index (χ4n) is 4.36. The van der Waals surface area contributed by atoms with E-state index in [2.05, 4.69) is 62.4 Å². The Hall–Kier alpha value is -0.980. The van der Waals surface area contributed by atoms with Gasteiger partial charge in [0.15, 0.2) is 0 Å². The SMILES string of the molecule is CC[C@]1(c2ccccc2)C(Cl)(Cl)[C@]1(CC)c1ccccc1. The zero-order valence-corrected chi connectivity index (χ0v) is 14.0. The highest BCUT2D eigenvalue weighted by atomic mass is 35.5. The first kappa shape index (κ1) is 14.9. The summed E-state index contributed by atoms with van der Waals surface area (Å²) in [5.74, 6) is 0. The van der Waals surface area contributed by atoms with Gasteiger partial charge >= 0.3 is 0 Å². The van der Waals surface area contributed by atoms with Crippen molar-refractivity contribution < 1.29 is 0 Å². The van der Waals surface area contributed by atoms with Gasteiger partial charge in [-0.3, -0.25) is 0 Å². The molecule has 2 atom stereocenters. The molecular weight excluding hydrogens is 299 g/mol. The van der Waals surface area contributed by atoms with Crippen molar-refractivity contribution in [3.8, 4) is 0 Å². The third kappa shape index (κ3) is 1.64. The molecule has 1 aliphatic carbocycles. The van der Waals surface area contributed by atoms with Crippen molar-refractivity contribution in [1.82, 2.24) is 0 Å². The molecule has 2 heteroatoms. The molecular formula is C19H20Cl2. The highest BCUT2D eigenvalue weighted by Crippen LogP contribution is 2.80. The summed E-state index contributed by atoms with van der Waals surface area (Å²) in [6.45, 7) is 4.37. The molecule has 3 rings (SSSR count). The average molecular weight is 319 g/mol. The fourth-order valence-corrected chi connectivity index (χ4v) is 5.89. The van der Waals surface area contributed by atoms with Crippen LogP contribution in [0.3, 0.4) is 0 Å². The maximum absolute atomic E-state index is 6.92. The van der Waals surface area contributed by atoms with Gasteiger partial charge in [0.05, 0.1) is 0 Å². The largest absolute Gasteiger partial charge is 0.139 e. The Balaban J connectivity index is 2.23. The molecule has 0 amide bonds. The van der Waals surface area contributed by atoms with Crippen LogP contribution in [0, 0.1) is 0 Å². The van der Waals surface area contributed by atoms with E-state index in [-0.39, 0.29) is 10.8 Å². The molecule has 2 aromatic carbocycles. The van der Waals surface area contributed by atoms with Gasteiger partial charge in [-0.25, -0.2) is 0 Å². The van der Waals surface area contributed by atoms with Crippen LogP contribution in [0.25, 0.3) is 0 Å². The predicted molar refractivity (Wildman–Crippen MR) is 91.3 cm³/mol. The van der Waals surface area contributed by atoms with E-state index in [9.17, 15) is 0 Å². The first-order chi connectivity index (χ1) is 10.1. The molecule has 2 aromatic rings. The molecule has 0 aliphatic heterocycles. The third-order valence-corrected chi connectivity index (χ3v) is 6.62. The van der Waals surface area contributed by atoms with E-state index < -0.39 is 4.33 Å². The van der Waals surface area contributed by atoms with Crippen LogP contribution in [0.1, 0.15) is 37.8 Å². The van der Waals surface area contributed by atoms with Crippen molar-refractivity contribution in [2.45, 2.75) is 41.9 Å². The minimum atomic E-state index is -0.772. The lowest BCUT2D eigenvalue weighted by molar-refractivity contribution is 0.507. The summed E-state index contributed by atoms with van der Waals surface area (Å²) in [6.07, 6.45) is 1.85. The van der Waals surface area contributed by atoms with E-state index in [4.69, 9.17) is 23.2 Å². The molecule has 21 heavy (non-hydrogen) atoms. The van der Waals surface area contributed by atoms with Gasteiger partial charge in [-0.2, -0.15) is 0 Å². The van der Waals surface area contributed by atoms with Crippen LogP contribution in [0.2, 0.25) is 0 Å². The summed E-state index contributed by atoms with van der Waals surface area (Å²) in [7, 11) is 0. The molecule has 0 bridgehead atoms. The number of halogens is 2. The molecule has 1 aliphatic rings. The number of alkyl halides is 2. The molecule has 110 valence electrons. The van der Waals surface area contributed by atoms with Crippen molar-refractivity contribution >= 4 is 23.2 Å². The lowest BCUT2D eigenvalue weighted by Crippen LogP contribution is -2.21. The quantitative estimate of drug-likeness (QED) is 0.618. The van der Waals surface area contributed by atoms with E-state index in [1.165, 1.54) is 11.1 Å². The van der Waals surface area contributed by atoms with E-state index in [0.29, 0.717) is 0 Å². The Morgan fingerprint density at radius 2 is 1.00 bits per heavy atom. The van der Waals surface area contributed by atoms with Crippen LogP contribution in [0.4, 0.5) is 0 Å². The lowest BCUT2D eigenvalue weighted by Gasteiger charge is -2.23. The Bertz CT molecular complexity index is 565. The van der Waals surface area contributed by atoms with Crippen molar-refractivity contribution in [3.05, 3.63) is 71.8 Å². The summed E-state index contributed by atoms with van der Waals surface area (Å²) < 4.78 is -0.772. The van der Waals surface area contributed by atoms with Crippen LogP contribution in [-0.4, -0.2) is 4.33 Å². The van der Waals surface area contributed by atoms with E-state index >= 15 is 0 Å². The standard InChI is InChI=1S/C19H20Cl2/c1-3-17(15-11-7-5-8-12-15)18(4-2,19(17,20)21)16-13-9-6-10-14-16/h5-14H,3-4H2,1-2H3/t17-,18-/m1/s1. The van der Waals surface area contributed by atoms with Gasteiger partial charge in [0.1, 0.15) is 4.33 Å². The maximum Gasteiger partial charge on any atom is 0.139 e. The number of rotatable bonds is 4. The van der Waals surface area contributed by atoms with Gasteiger partial charge in [0.25, 0.3) is 0 Å². The molecule has 0 saturated heterocycles. The molecule has 0 unspecified atom stereocenters. The Labute approximate surface area is 137 Å². The molecule has 0 aromatic heterocycles. The van der Waals surface area contributed by atoms with E-state index in [1.807, 2.05) is 12.1 Å². The average Bonchev–Trinajstić information content (AvgIpc) is 3.00. The second-order valence-corrected chi connectivity index (χ2v) is 7.15. The smallest absolute Gasteiger partial charge is 0.0996 e. The molecule has 1 saturated carbocycles. The van der Waals surface area contributed by atoms with Crippen LogP contribution in [-0.2, 0) is 10.8 Å². The lowest BCUT2D eigenvalue weighted by atomic mass is 9.78. The van der Waals surface area contributed by atoms with Crippen molar-refractivity contribution in [1.29, 1.82) is 0 Å². The highest BCUT2D eigenvalue weighted by Gasteiger charge is 2.85. The van der Waals surface area contributed by atoms with Gasteiger partial charge in [0.2, 0.25) is 0 Å². The Morgan fingerprint density at radius 3 is 1.29 bits per heavy atom. The topological polar surface area (TPSA) is 0 Å². The highest BCUT2D eigenvalue weighted by molar-refractivity contribution is 6.54. The Kier molecular flexibility index (Phi) is 3.58. The minimum absolute atomic E-state index is 0.222. The van der Waals surface area contributed by atoms with E-state index in [1.54, 1.807) is 0 Å². The number of hydrogen-bond donors (Lipinski definition) is 0. The maximum atomic E-state index is 6.92. The summed E-state index contributed by atoms with van der Waals surface area (Å²) in [5.41, 5.74) is 2.03. The first-order valence-electron chi connectivity index (χ1n) is 7.57. The second kappa shape index (κ2) is 5.04. The molecule has 0 radical (unpaired) electrons. The van der Waals surface area contributed by atoms with Gasteiger partial charge < -0.3 is 0 Å². The van der Waals surface area contributed by atoms with Crippen LogP contribution >= 0.6 is 23.2 Å². The van der Waals surface area contributed by atoms with Gasteiger partial charge in [-0.15, -0.1) is 0 Å². The second-order valence-electron chi connectivity index (χ2n) is 5.82. The molecule has 0 N–H and O–H groups in total. The van der Waals surface area contributed by atoms with Crippen LogP contribution < -0.4 is 0 Å². The first-order valence-corrected chi connectivity index (χ1v) is 8.33. The Morgan fingerprint density at radius 1 is 0.667 bits per heavy atom. The normalized spacial score (nSPS) is 30.1. The summed E-state index contributed by atoms with van der Waals surface area (Å²) in [6, 6.07) is 21.0. The zero-order valence-electron chi connectivity index (χ0n) is 12.4. The van der Waals surface area contributed by atoms with Crippen molar-refractivity contribution in [2.24, 2.45) is 0 Å². The van der Waals surface area contributed by atoms with Crippen LogP contribution in [0.15, 0.2) is 60.7 Å². The predicted octanol–water partition coefficient (Wildman–Crippen LogP) is 5.87. The molecule has 0 heterocycles. The van der Waals surface area contributed by atoms with E-state index in [0.717, 1.165) is 12.8 Å². The minimum Gasteiger partial charge on any atom is -0.0996 e. The molecule has 1 fully saturated rings. The zero-order chi connectivity index (χ0) is 15.1. The van der Waals surface area contributed by atoms with Gasteiger partial charge in [-0.1, -0.05) is 97.7 Å². The molecule has 0 nitrogen and oxygen atoms in total. The van der Waals surface area contributed by atoms with Crippen molar-refractivity contribution in [2.75, 3.05) is 0 Å². The molecule has 0 spiro atoms. The number of benzene rings is 2. The summed E-state index contributed by atoms with van der Waals surface area (Å²) >= 11 is 13.8. The fraction of sp³-hybridized carbons (Fsp3) is 0.368. The monoisotopic (exact) mass is 318 g/mol. The summed E-state index contributed by atoms with van der Waals surface area (Å²) in [5, 5.41) is 0. The third-order valence-electron chi connectivity index (χ3n) is 5.33. The van der Waals surface area contributed by atoms with Crippen molar-refractivity contribution in [3.63, 3.8) is 0 Å². The van der Waals surface area contributed by atoms with Gasteiger partial charge in [0, 0.05) is 10.8 Å². The number of hydrogen-bond acceptors (Lipinski definition) is 0. The van der Waals surface area contributed by atoms with Gasteiger partial charge in [-0.05, 0) is 24.0 Å². The van der Waals surface area contributed by atoms with Crippen LogP contribution in [0.5, 0.6) is 0 Å². The summed E-state index contributed by atoms with van der Waals surface area (Å²) in [4.78, 5) is 0.